The first-order valence-corrected chi connectivity index (χ1v) is 6.17. The number of likely N-dealkylation sites (tertiary alicyclic amines) is 1. The van der Waals surface area contributed by atoms with Crippen molar-refractivity contribution in [3.05, 3.63) is 18.0 Å². The highest BCUT2D eigenvalue weighted by molar-refractivity contribution is 5.85. The summed E-state index contributed by atoms with van der Waals surface area (Å²) in [5.41, 5.74) is 7.10. The zero-order valence-electron chi connectivity index (χ0n) is 11.1. The summed E-state index contributed by atoms with van der Waals surface area (Å²) in [4.78, 5) is 2.44. The van der Waals surface area contributed by atoms with E-state index in [0.717, 1.165) is 25.9 Å². The molecule has 1 aromatic rings. The van der Waals surface area contributed by atoms with E-state index in [-0.39, 0.29) is 12.4 Å². The summed E-state index contributed by atoms with van der Waals surface area (Å²) in [5.74, 6) is 0. The molecule has 0 amide bonds. The number of piperidine rings is 1. The Morgan fingerprint density at radius 2 is 2.33 bits per heavy atom. The van der Waals surface area contributed by atoms with E-state index in [1.807, 2.05) is 17.9 Å². The molecule has 1 fully saturated rings. The maximum absolute atomic E-state index is 5.85. The van der Waals surface area contributed by atoms with Crippen molar-refractivity contribution in [1.82, 2.24) is 14.7 Å². The largest absolute Gasteiger partial charge is 0.381 e. The van der Waals surface area contributed by atoms with E-state index >= 15 is 0 Å². The predicted octanol–water partition coefficient (Wildman–Crippen LogP) is 0.780. The Morgan fingerprint density at radius 3 is 2.89 bits per heavy atom. The van der Waals surface area contributed by atoms with Gasteiger partial charge in [-0.3, -0.25) is 9.58 Å². The van der Waals surface area contributed by atoms with Crippen LogP contribution in [0.3, 0.4) is 0 Å². The van der Waals surface area contributed by atoms with E-state index in [2.05, 4.69) is 16.2 Å². The molecule has 2 atom stereocenters. The molecule has 104 valence electrons. The molecule has 2 heterocycles. The minimum absolute atomic E-state index is 0. The van der Waals surface area contributed by atoms with Gasteiger partial charge in [0.2, 0.25) is 0 Å². The highest BCUT2D eigenvalue weighted by atomic mass is 35.5. The van der Waals surface area contributed by atoms with Crippen LogP contribution in [-0.2, 0) is 18.3 Å². The molecule has 18 heavy (non-hydrogen) atoms. The first kappa shape index (κ1) is 15.4. The van der Waals surface area contributed by atoms with Crippen LogP contribution in [0, 0.1) is 0 Å². The van der Waals surface area contributed by atoms with Gasteiger partial charge in [0.25, 0.3) is 0 Å². The summed E-state index contributed by atoms with van der Waals surface area (Å²) in [5, 5.41) is 4.20. The van der Waals surface area contributed by atoms with Crippen molar-refractivity contribution in [2.24, 2.45) is 12.8 Å². The van der Waals surface area contributed by atoms with Gasteiger partial charge in [0, 0.05) is 51.6 Å². The first-order valence-electron chi connectivity index (χ1n) is 6.17. The Hall–Kier alpha value is -0.620. The number of rotatable bonds is 4. The van der Waals surface area contributed by atoms with Crippen molar-refractivity contribution in [1.29, 1.82) is 0 Å². The Bertz CT molecular complexity index is 358. The third kappa shape index (κ3) is 3.68. The standard InChI is InChI=1S/C12H22N4O.ClH/c1-15-8-10(7-14-15)9-16-4-3-12(17-2)5-11(16)6-13;/h7-8,11-12H,3-6,9,13H2,1-2H3;1H. The van der Waals surface area contributed by atoms with Gasteiger partial charge in [0.05, 0.1) is 12.3 Å². The van der Waals surface area contributed by atoms with Crippen LogP contribution in [0.15, 0.2) is 12.4 Å². The zero-order valence-corrected chi connectivity index (χ0v) is 11.9. The molecule has 0 aliphatic carbocycles. The van der Waals surface area contributed by atoms with Crippen LogP contribution in [0.25, 0.3) is 0 Å². The van der Waals surface area contributed by atoms with E-state index in [9.17, 15) is 0 Å². The third-order valence-corrected chi connectivity index (χ3v) is 3.54. The highest BCUT2D eigenvalue weighted by Gasteiger charge is 2.27. The fourth-order valence-electron chi connectivity index (χ4n) is 2.52. The van der Waals surface area contributed by atoms with Gasteiger partial charge >= 0.3 is 0 Å². The highest BCUT2D eigenvalue weighted by Crippen LogP contribution is 2.21. The summed E-state index contributed by atoms with van der Waals surface area (Å²) in [6.07, 6.45) is 6.49. The second-order valence-electron chi connectivity index (χ2n) is 4.76. The molecule has 0 bridgehead atoms. The number of hydrogen-bond donors (Lipinski definition) is 1. The molecule has 0 aromatic carbocycles. The number of methoxy groups -OCH3 is 1. The normalized spacial score (nSPS) is 24.8. The number of ether oxygens (including phenoxy) is 1. The molecule has 1 aliphatic heterocycles. The average molecular weight is 275 g/mol. The fourth-order valence-corrected chi connectivity index (χ4v) is 2.52. The van der Waals surface area contributed by atoms with Crippen LogP contribution in [-0.4, -0.2) is 47.0 Å². The lowest BCUT2D eigenvalue weighted by Crippen LogP contribution is -2.47. The van der Waals surface area contributed by atoms with E-state index in [1.54, 1.807) is 7.11 Å². The molecule has 5 nitrogen and oxygen atoms in total. The summed E-state index contributed by atoms with van der Waals surface area (Å²) < 4.78 is 7.27. The molecular weight excluding hydrogens is 252 g/mol. The number of aromatic nitrogens is 2. The first-order chi connectivity index (χ1) is 8.22. The van der Waals surface area contributed by atoms with Gasteiger partial charge in [0.1, 0.15) is 0 Å². The number of hydrogen-bond acceptors (Lipinski definition) is 4. The maximum Gasteiger partial charge on any atom is 0.0599 e. The minimum atomic E-state index is 0. The summed E-state index contributed by atoms with van der Waals surface area (Å²) in [6, 6.07) is 0.425. The van der Waals surface area contributed by atoms with E-state index in [1.165, 1.54) is 5.56 Å². The molecule has 1 aromatic heterocycles. The molecule has 2 rings (SSSR count). The summed E-state index contributed by atoms with van der Waals surface area (Å²) in [6.45, 7) is 2.68. The van der Waals surface area contributed by atoms with Crippen molar-refractivity contribution in [2.75, 3.05) is 20.2 Å². The molecule has 1 saturated heterocycles. The minimum Gasteiger partial charge on any atom is -0.381 e. The van der Waals surface area contributed by atoms with Gasteiger partial charge in [-0.05, 0) is 12.8 Å². The SMILES string of the molecule is COC1CCN(Cc2cnn(C)c2)C(CN)C1.Cl. The molecule has 0 saturated carbocycles. The third-order valence-electron chi connectivity index (χ3n) is 3.54. The van der Waals surface area contributed by atoms with Gasteiger partial charge < -0.3 is 10.5 Å². The molecule has 2 N–H and O–H groups in total. The number of aryl methyl sites for hydroxylation is 1. The fraction of sp³-hybridized carbons (Fsp3) is 0.750. The second kappa shape index (κ2) is 7.09. The van der Waals surface area contributed by atoms with E-state index in [4.69, 9.17) is 10.5 Å². The number of nitrogens with zero attached hydrogens (tertiary/aromatic N) is 3. The smallest absolute Gasteiger partial charge is 0.0599 e. The molecule has 1 aliphatic rings. The topological polar surface area (TPSA) is 56.3 Å². The van der Waals surface area contributed by atoms with Crippen LogP contribution in [0.1, 0.15) is 18.4 Å². The second-order valence-corrected chi connectivity index (χ2v) is 4.76. The van der Waals surface area contributed by atoms with Gasteiger partial charge in [-0.15, -0.1) is 12.4 Å². The van der Waals surface area contributed by atoms with Gasteiger partial charge in [0.15, 0.2) is 0 Å². The van der Waals surface area contributed by atoms with Crippen molar-refractivity contribution in [3.63, 3.8) is 0 Å². The quantitative estimate of drug-likeness (QED) is 0.882. The Balaban J connectivity index is 0.00000162. The lowest BCUT2D eigenvalue weighted by molar-refractivity contribution is 0.0102. The van der Waals surface area contributed by atoms with Gasteiger partial charge in [-0.2, -0.15) is 5.10 Å². The molecule has 6 heteroatoms. The Kier molecular flexibility index (Phi) is 6.08. The molecule has 2 unspecified atom stereocenters. The Morgan fingerprint density at radius 1 is 1.56 bits per heavy atom. The van der Waals surface area contributed by atoms with Crippen LogP contribution in [0.5, 0.6) is 0 Å². The van der Waals surface area contributed by atoms with Crippen LogP contribution in [0.4, 0.5) is 0 Å². The van der Waals surface area contributed by atoms with Crippen molar-refractivity contribution in [2.45, 2.75) is 31.5 Å². The zero-order chi connectivity index (χ0) is 12.3. The summed E-state index contributed by atoms with van der Waals surface area (Å²) >= 11 is 0. The molecule has 0 radical (unpaired) electrons. The number of nitrogens with two attached hydrogens (primary N) is 1. The Labute approximate surface area is 115 Å². The van der Waals surface area contributed by atoms with Crippen LogP contribution >= 0.6 is 12.4 Å². The van der Waals surface area contributed by atoms with Crippen LogP contribution in [0.2, 0.25) is 0 Å². The van der Waals surface area contributed by atoms with Gasteiger partial charge in [-0.25, -0.2) is 0 Å². The van der Waals surface area contributed by atoms with Crippen molar-refractivity contribution in [3.8, 4) is 0 Å². The monoisotopic (exact) mass is 274 g/mol. The van der Waals surface area contributed by atoms with E-state index in [0.29, 0.717) is 18.7 Å². The van der Waals surface area contributed by atoms with Gasteiger partial charge in [-0.1, -0.05) is 0 Å². The maximum atomic E-state index is 5.85. The lowest BCUT2D eigenvalue weighted by Gasteiger charge is -2.38. The lowest BCUT2D eigenvalue weighted by atomic mass is 9.99. The molecule has 0 spiro atoms. The number of halogens is 1. The van der Waals surface area contributed by atoms with Crippen molar-refractivity contribution < 1.29 is 4.74 Å². The van der Waals surface area contributed by atoms with Crippen LogP contribution < -0.4 is 5.73 Å². The van der Waals surface area contributed by atoms with Crippen molar-refractivity contribution >= 4 is 12.4 Å². The molecular formula is C12H23ClN4O. The summed E-state index contributed by atoms with van der Waals surface area (Å²) in [7, 11) is 3.73. The average Bonchev–Trinajstić information content (AvgIpc) is 2.75. The van der Waals surface area contributed by atoms with E-state index < -0.39 is 0 Å². The predicted molar refractivity (Wildman–Crippen MR) is 73.7 cm³/mol.